The van der Waals surface area contributed by atoms with Gasteiger partial charge < -0.3 is 24.4 Å². The highest BCUT2D eigenvalue weighted by atomic mass is 32.2. The first-order chi connectivity index (χ1) is 16.1. The maximum Gasteiger partial charge on any atom is 0.329 e. The number of hydrogen-bond acceptors (Lipinski definition) is 9. The number of methoxy groups -OCH3 is 1. The van der Waals surface area contributed by atoms with E-state index in [1.54, 1.807) is 11.4 Å². The van der Waals surface area contributed by atoms with Crippen LogP contribution in [0.2, 0.25) is 0 Å². The molecule has 188 valence electrons. The Labute approximate surface area is 200 Å². The summed E-state index contributed by atoms with van der Waals surface area (Å²) in [7, 11) is -2.57. The maximum atomic E-state index is 13.5. The fourth-order valence-corrected chi connectivity index (χ4v) is 6.50. The van der Waals surface area contributed by atoms with Gasteiger partial charge >= 0.3 is 11.9 Å². The van der Waals surface area contributed by atoms with E-state index in [1.807, 2.05) is 0 Å². The van der Waals surface area contributed by atoms with Crippen LogP contribution < -0.4 is 4.72 Å². The number of amides is 2. The highest BCUT2D eigenvalue weighted by molar-refractivity contribution is 7.91. The molecule has 3 heterocycles. The molecule has 0 bridgehead atoms. The van der Waals surface area contributed by atoms with Gasteiger partial charge in [0.15, 0.2) is 0 Å². The van der Waals surface area contributed by atoms with Crippen LogP contribution in [0.5, 0.6) is 0 Å². The van der Waals surface area contributed by atoms with Crippen LogP contribution in [0.15, 0.2) is 21.7 Å². The summed E-state index contributed by atoms with van der Waals surface area (Å²) in [6.07, 6.45) is 1.26. The van der Waals surface area contributed by atoms with Gasteiger partial charge in [0.2, 0.25) is 21.8 Å². The van der Waals surface area contributed by atoms with Crippen molar-refractivity contribution in [3.63, 3.8) is 0 Å². The SMILES string of the molecule is COC(=O)C1CCCN1C(=O)C1CC(NS(=O)(=O)c2cccs2)CCN1C(=O)COCC(=O)O. The minimum Gasteiger partial charge on any atom is -0.480 e. The Hall–Kier alpha value is -2.55. The molecule has 0 aromatic carbocycles. The fourth-order valence-electron chi connectivity index (χ4n) is 4.21. The number of aliphatic carboxylic acids is 1. The average Bonchev–Trinajstić information content (AvgIpc) is 3.50. The van der Waals surface area contributed by atoms with Crippen molar-refractivity contribution < 1.29 is 42.2 Å². The number of carbonyl (C=O) groups is 4. The monoisotopic (exact) mass is 517 g/mol. The molecule has 1 aromatic heterocycles. The van der Waals surface area contributed by atoms with Crippen molar-refractivity contribution in [2.24, 2.45) is 0 Å². The van der Waals surface area contributed by atoms with Crippen molar-refractivity contribution in [1.29, 1.82) is 0 Å². The predicted octanol–water partition coefficient (Wildman–Crippen LogP) is -0.349. The molecule has 2 aliphatic rings. The number of hydrogen-bond donors (Lipinski definition) is 2. The van der Waals surface area contributed by atoms with E-state index in [1.165, 1.54) is 23.0 Å². The fraction of sp³-hybridized carbons (Fsp3) is 0.600. The first-order valence-electron chi connectivity index (χ1n) is 10.7. The van der Waals surface area contributed by atoms with Crippen LogP contribution in [0.25, 0.3) is 0 Å². The minimum atomic E-state index is -3.80. The van der Waals surface area contributed by atoms with E-state index in [9.17, 15) is 27.6 Å². The van der Waals surface area contributed by atoms with E-state index < -0.39 is 65.1 Å². The van der Waals surface area contributed by atoms with Gasteiger partial charge in [-0.05, 0) is 37.1 Å². The standard InChI is InChI=1S/C20H27N3O9S2/c1-31-20(28)14-4-2-7-23(14)19(27)15-10-13(21-34(29,30)18-5-3-9-33-18)6-8-22(15)16(24)11-32-12-17(25)26/h3,5,9,13-15,21H,2,4,6-8,10-12H2,1H3,(H,25,26). The normalized spacial score (nSPS) is 23.0. The Morgan fingerprint density at radius 2 is 1.91 bits per heavy atom. The molecule has 0 spiro atoms. The summed E-state index contributed by atoms with van der Waals surface area (Å²) in [5, 5.41) is 10.4. The second kappa shape index (κ2) is 11.3. The Bertz CT molecular complexity index is 1010. The largest absolute Gasteiger partial charge is 0.480 e. The molecule has 2 N–H and O–H groups in total. The lowest BCUT2D eigenvalue weighted by Crippen LogP contribution is -2.59. The van der Waals surface area contributed by atoms with Crippen LogP contribution in [0.1, 0.15) is 25.7 Å². The molecular formula is C20H27N3O9S2. The zero-order chi connectivity index (χ0) is 24.9. The molecule has 1 aromatic rings. The Kier molecular flexibility index (Phi) is 8.62. The van der Waals surface area contributed by atoms with Gasteiger partial charge in [-0.15, -0.1) is 11.3 Å². The lowest BCUT2D eigenvalue weighted by Gasteiger charge is -2.40. The van der Waals surface area contributed by atoms with Gasteiger partial charge in [0.1, 0.15) is 29.5 Å². The van der Waals surface area contributed by atoms with Crippen molar-refractivity contribution in [2.75, 3.05) is 33.4 Å². The van der Waals surface area contributed by atoms with Crippen LogP contribution in [0, 0.1) is 0 Å². The molecule has 0 saturated carbocycles. The van der Waals surface area contributed by atoms with E-state index in [4.69, 9.17) is 14.6 Å². The van der Waals surface area contributed by atoms with Gasteiger partial charge in [-0.1, -0.05) is 6.07 Å². The highest BCUT2D eigenvalue weighted by Gasteiger charge is 2.44. The van der Waals surface area contributed by atoms with Crippen molar-refractivity contribution in [2.45, 2.75) is 48.0 Å². The minimum absolute atomic E-state index is 0.00149. The third-order valence-corrected chi connectivity index (χ3v) is 8.67. The highest BCUT2D eigenvalue weighted by Crippen LogP contribution is 2.27. The molecule has 2 amide bonds. The lowest BCUT2D eigenvalue weighted by atomic mass is 9.96. The maximum absolute atomic E-state index is 13.5. The number of carboxylic acid groups (broad SMARTS) is 1. The summed E-state index contributed by atoms with van der Waals surface area (Å²) in [5.74, 6) is -2.87. The van der Waals surface area contributed by atoms with Gasteiger partial charge in [0.05, 0.1) is 7.11 Å². The Morgan fingerprint density at radius 3 is 2.56 bits per heavy atom. The van der Waals surface area contributed by atoms with E-state index >= 15 is 0 Å². The smallest absolute Gasteiger partial charge is 0.329 e. The number of rotatable bonds is 9. The van der Waals surface area contributed by atoms with E-state index in [2.05, 4.69) is 4.72 Å². The third kappa shape index (κ3) is 6.11. The number of carbonyl (C=O) groups excluding carboxylic acids is 3. The molecule has 2 saturated heterocycles. The van der Waals surface area contributed by atoms with Gasteiger partial charge in [-0.3, -0.25) is 9.59 Å². The zero-order valence-corrected chi connectivity index (χ0v) is 20.2. The molecular weight excluding hydrogens is 490 g/mol. The molecule has 14 heteroatoms. The molecule has 3 rings (SSSR count). The van der Waals surface area contributed by atoms with Crippen LogP contribution in [-0.4, -0.2) is 98.6 Å². The molecule has 34 heavy (non-hydrogen) atoms. The van der Waals surface area contributed by atoms with E-state index in [0.29, 0.717) is 19.4 Å². The van der Waals surface area contributed by atoms with Crippen LogP contribution >= 0.6 is 11.3 Å². The van der Waals surface area contributed by atoms with Crippen molar-refractivity contribution >= 4 is 45.1 Å². The molecule has 3 atom stereocenters. The first kappa shape index (κ1) is 26.1. The number of nitrogens with one attached hydrogen (secondary N) is 1. The second-order valence-corrected chi connectivity index (χ2v) is 10.9. The van der Waals surface area contributed by atoms with Crippen molar-refractivity contribution in [3.8, 4) is 0 Å². The number of esters is 1. The summed E-state index contributed by atoms with van der Waals surface area (Å²) < 4.78 is 37.8. The number of likely N-dealkylation sites (tertiary alicyclic amines) is 2. The average molecular weight is 518 g/mol. The number of carboxylic acids is 1. The van der Waals surface area contributed by atoms with Crippen LogP contribution in [0.4, 0.5) is 0 Å². The molecule has 2 aliphatic heterocycles. The Balaban J connectivity index is 1.79. The molecule has 12 nitrogen and oxygen atoms in total. The van der Waals surface area contributed by atoms with Crippen LogP contribution in [0.3, 0.4) is 0 Å². The number of ether oxygens (including phenoxy) is 2. The Morgan fingerprint density at radius 1 is 1.15 bits per heavy atom. The van der Waals surface area contributed by atoms with Gasteiger partial charge in [-0.25, -0.2) is 22.7 Å². The summed E-state index contributed by atoms with van der Waals surface area (Å²) in [6, 6.07) is 0.643. The summed E-state index contributed by atoms with van der Waals surface area (Å²) in [4.78, 5) is 51.7. The quantitative estimate of drug-likeness (QED) is 0.417. The summed E-state index contributed by atoms with van der Waals surface area (Å²) in [5.41, 5.74) is 0. The summed E-state index contributed by atoms with van der Waals surface area (Å²) in [6.45, 7) is -0.849. The number of sulfonamides is 1. The predicted molar refractivity (Wildman–Crippen MR) is 118 cm³/mol. The summed E-state index contributed by atoms with van der Waals surface area (Å²) >= 11 is 1.06. The first-order valence-corrected chi connectivity index (χ1v) is 13.0. The second-order valence-electron chi connectivity index (χ2n) is 7.98. The van der Waals surface area contributed by atoms with Crippen molar-refractivity contribution in [1.82, 2.24) is 14.5 Å². The van der Waals surface area contributed by atoms with E-state index in [-0.39, 0.29) is 23.6 Å². The van der Waals surface area contributed by atoms with Crippen LogP contribution in [-0.2, 0) is 38.7 Å². The van der Waals surface area contributed by atoms with Gasteiger partial charge in [-0.2, -0.15) is 0 Å². The van der Waals surface area contributed by atoms with Gasteiger partial charge in [0.25, 0.3) is 0 Å². The molecule has 0 aliphatic carbocycles. The number of piperidine rings is 1. The van der Waals surface area contributed by atoms with Gasteiger partial charge in [0, 0.05) is 19.1 Å². The topological polar surface area (TPSA) is 160 Å². The molecule has 3 unspecified atom stereocenters. The molecule has 0 radical (unpaired) electrons. The third-order valence-electron chi connectivity index (χ3n) is 5.75. The lowest BCUT2D eigenvalue weighted by molar-refractivity contribution is -0.157. The number of nitrogens with zero attached hydrogens (tertiary/aromatic N) is 2. The zero-order valence-electron chi connectivity index (χ0n) is 18.5. The molecule has 2 fully saturated rings. The number of thiophene rings is 1. The van der Waals surface area contributed by atoms with Crippen molar-refractivity contribution in [3.05, 3.63) is 17.5 Å². The van der Waals surface area contributed by atoms with E-state index in [0.717, 1.165) is 11.3 Å².